The van der Waals surface area contributed by atoms with Crippen molar-refractivity contribution in [2.24, 2.45) is 0 Å². The van der Waals surface area contributed by atoms with Crippen LogP contribution in [-0.4, -0.2) is 25.7 Å². The lowest BCUT2D eigenvalue weighted by atomic mass is 10.1. The van der Waals surface area contributed by atoms with Gasteiger partial charge in [-0.25, -0.2) is 4.98 Å². The van der Waals surface area contributed by atoms with Gasteiger partial charge in [-0.2, -0.15) is 17.5 Å². The number of alkyl halides is 3. The van der Waals surface area contributed by atoms with E-state index in [0.29, 0.717) is 11.5 Å². The van der Waals surface area contributed by atoms with Crippen LogP contribution in [0.3, 0.4) is 0 Å². The van der Waals surface area contributed by atoms with E-state index in [2.05, 4.69) is 9.36 Å². The van der Waals surface area contributed by atoms with Gasteiger partial charge in [0.2, 0.25) is 5.82 Å². The van der Waals surface area contributed by atoms with Crippen LogP contribution < -0.4 is 0 Å². The van der Waals surface area contributed by atoms with Crippen molar-refractivity contribution < 1.29 is 23.1 Å². The summed E-state index contributed by atoms with van der Waals surface area (Å²) in [7, 11) is 0. The summed E-state index contributed by atoms with van der Waals surface area (Å²) in [4.78, 5) is 14.6. The second kappa shape index (κ2) is 6.44. The van der Waals surface area contributed by atoms with E-state index in [4.69, 9.17) is 0 Å². The minimum absolute atomic E-state index is 0.00865. The minimum atomic E-state index is -4.62. The Morgan fingerprint density at radius 1 is 1.33 bits per heavy atom. The second-order valence-electron chi connectivity index (χ2n) is 4.02. The number of thioether (sulfide) groups is 1. The van der Waals surface area contributed by atoms with Gasteiger partial charge < -0.3 is 5.11 Å². The number of carbonyl (C=O) groups is 1. The second-order valence-corrected chi connectivity index (χ2v) is 6.22. The van der Waals surface area contributed by atoms with Crippen molar-refractivity contribution in [2.75, 3.05) is 0 Å². The number of rotatable bonds is 5. The number of carboxylic acid groups (broad SMARTS) is 1. The van der Waals surface area contributed by atoms with E-state index in [-0.39, 0.29) is 10.8 Å². The average molecular weight is 334 g/mol. The number of benzene rings is 1. The lowest BCUT2D eigenvalue weighted by Crippen LogP contribution is -2.19. The fourth-order valence-corrected chi connectivity index (χ4v) is 3.33. The van der Waals surface area contributed by atoms with Gasteiger partial charge in [-0.3, -0.25) is 4.79 Å². The molecule has 0 spiro atoms. The molecule has 0 bridgehead atoms. The minimum Gasteiger partial charge on any atom is -0.480 e. The van der Waals surface area contributed by atoms with Crippen LogP contribution in [0.5, 0.6) is 0 Å². The molecule has 2 rings (SSSR count). The van der Waals surface area contributed by atoms with Crippen LogP contribution in [0.4, 0.5) is 13.2 Å². The fourth-order valence-electron chi connectivity index (χ4n) is 1.50. The molecule has 1 aromatic carbocycles. The summed E-state index contributed by atoms with van der Waals surface area (Å²) in [5.74, 6) is -2.34. The van der Waals surface area contributed by atoms with Crippen molar-refractivity contribution in [1.29, 1.82) is 0 Å². The fraction of sp³-hybridized carbons (Fsp3) is 0.250. The van der Waals surface area contributed by atoms with Gasteiger partial charge in [0.05, 0.1) is 0 Å². The zero-order chi connectivity index (χ0) is 15.5. The molecule has 1 N–H and O–H groups in total. The van der Waals surface area contributed by atoms with Crippen molar-refractivity contribution in [3.8, 4) is 0 Å². The van der Waals surface area contributed by atoms with Crippen molar-refractivity contribution in [3.05, 3.63) is 41.7 Å². The molecule has 0 radical (unpaired) electrons. The van der Waals surface area contributed by atoms with Crippen molar-refractivity contribution in [1.82, 2.24) is 9.36 Å². The molecule has 9 heteroatoms. The molecule has 0 amide bonds. The number of aromatic nitrogens is 2. The van der Waals surface area contributed by atoms with E-state index in [1.54, 1.807) is 30.3 Å². The smallest absolute Gasteiger partial charge is 0.452 e. The third-order valence-electron chi connectivity index (χ3n) is 2.44. The van der Waals surface area contributed by atoms with Gasteiger partial charge in [-0.1, -0.05) is 42.1 Å². The molecular weight excluding hydrogens is 325 g/mol. The van der Waals surface area contributed by atoms with Gasteiger partial charge in [0.15, 0.2) is 4.34 Å². The quantitative estimate of drug-likeness (QED) is 0.850. The Labute approximate surface area is 126 Å². The summed E-state index contributed by atoms with van der Waals surface area (Å²) in [5, 5.41) is 8.26. The van der Waals surface area contributed by atoms with Gasteiger partial charge in [0.25, 0.3) is 0 Å². The molecule has 0 fully saturated rings. The van der Waals surface area contributed by atoms with E-state index >= 15 is 0 Å². The lowest BCUT2D eigenvalue weighted by molar-refractivity contribution is -0.144. The molecule has 0 saturated heterocycles. The van der Waals surface area contributed by atoms with Crippen LogP contribution >= 0.6 is 23.3 Å². The third-order valence-corrected chi connectivity index (χ3v) is 4.41. The number of hydrogen-bond acceptors (Lipinski definition) is 5. The highest BCUT2D eigenvalue weighted by Crippen LogP contribution is 2.33. The summed E-state index contributed by atoms with van der Waals surface area (Å²) >= 11 is 1.33. The molecule has 0 aliphatic rings. The largest absolute Gasteiger partial charge is 0.480 e. The van der Waals surface area contributed by atoms with Gasteiger partial charge in [0.1, 0.15) is 5.25 Å². The highest BCUT2D eigenvalue weighted by atomic mass is 32.2. The molecule has 1 heterocycles. The topological polar surface area (TPSA) is 63.1 Å². The van der Waals surface area contributed by atoms with E-state index in [0.717, 1.165) is 17.3 Å². The lowest BCUT2D eigenvalue weighted by Gasteiger charge is -2.09. The Kier molecular flexibility index (Phi) is 4.84. The molecule has 112 valence electrons. The summed E-state index contributed by atoms with van der Waals surface area (Å²) < 4.78 is 40.4. The standard InChI is InChI=1S/C12H9F3N2O2S2/c13-12(14,15)10-16-11(21-17-10)20-8(9(18)19)6-7-4-2-1-3-5-7/h1-5,8H,6H2,(H,18,19). The molecule has 1 atom stereocenters. The van der Waals surface area contributed by atoms with Crippen molar-refractivity contribution in [2.45, 2.75) is 22.2 Å². The van der Waals surface area contributed by atoms with Crippen LogP contribution in [0.25, 0.3) is 0 Å². The maximum absolute atomic E-state index is 12.4. The van der Waals surface area contributed by atoms with E-state index < -0.39 is 23.2 Å². The van der Waals surface area contributed by atoms with E-state index in [9.17, 15) is 23.1 Å². The van der Waals surface area contributed by atoms with Gasteiger partial charge in [-0.15, -0.1) is 0 Å². The first-order valence-electron chi connectivity index (χ1n) is 5.70. The highest BCUT2D eigenvalue weighted by molar-refractivity contribution is 8.02. The molecule has 0 aliphatic heterocycles. The molecule has 21 heavy (non-hydrogen) atoms. The number of nitrogens with zero attached hydrogens (tertiary/aromatic N) is 2. The summed E-state index contributed by atoms with van der Waals surface area (Å²) in [6.07, 6.45) is -4.42. The predicted molar refractivity (Wildman–Crippen MR) is 72.3 cm³/mol. The van der Waals surface area contributed by atoms with Crippen LogP contribution in [0, 0.1) is 0 Å². The Balaban J connectivity index is 2.10. The van der Waals surface area contributed by atoms with Crippen LogP contribution in [0.15, 0.2) is 34.7 Å². The predicted octanol–water partition coefficient (Wildman–Crippen LogP) is 3.34. The van der Waals surface area contributed by atoms with Gasteiger partial charge in [0, 0.05) is 0 Å². The van der Waals surface area contributed by atoms with Crippen molar-refractivity contribution in [3.63, 3.8) is 0 Å². The van der Waals surface area contributed by atoms with Crippen LogP contribution in [-0.2, 0) is 17.4 Å². The average Bonchev–Trinajstić information content (AvgIpc) is 2.87. The molecule has 1 aromatic heterocycles. The normalized spacial score (nSPS) is 13.1. The van der Waals surface area contributed by atoms with Gasteiger partial charge in [-0.05, 0) is 23.5 Å². The molecule has 0 saturated carbocycles. The molecule has 0 aliphatic carbocycles. The highest BCUT2D eigenvalue weighted by Gasteiger charge is 2.36. The zero-order valence-electron chi connectivity index (χ0n) is 10.4. The monoisotopic (exact) mass is 334 g/mol. The SMILES string of the molecule is O=C(O)C(Cc1ccccc1)Sc1nc(C(F)(F)F)ns1. The van der Waals surface area contributed by atoms with E-state index in [1.165, 1.54) is 0 Å². The maximum Gasteiger partial charge on any atom is 0.452 e. The number of carboxylic acids is 1. The first-order chi connectivity index (χ1) is 9.86. The first kappa shape index (κ1) is 15.8. The maximum atomic E-state index is 12.4. The van der Waals surface area contributed by atoms with Gasteiger partial charge >= 0.3 is 12.1 Å². The third kappa shape index (κ3) is 4.43. The number of aliphatic carboxylic acids is 1. The first-order valence-corrected chi connectivity index (χ1v) is 7.36. The molecular formula is C12H9F3N2O2S2. The molecule has 1 unspecified atom stereocenters. The number of halogens is 3. The summed E-state index contributed by atoms with van der Waals surface area (Å²) in [5.41, 5.74) is 0.790. The van der Waals surface area contributed by atoms with E-state index in [1.807, 2.05) is 0 Å². The Bertz CT molecular complexity index is 616. The Morgan fingerprint density at radius 3 is 2.52 bits per heavy atom. The summed E-state index contributed by atoms with van der Waals surface area (Å²) in [6, 6.07) is 8.86. The number of hydrogen-bond donors (Lipinski definition) is 1. The Hall–Kier alpha value is -1.61. The summed E-state index contributed by atoms with van der Waals surface area (Å²) in [6.45, 7) is 0. The zero-order valence-corrected chi connectivity index (χ0v) is 12.0. The molecule has 2 aromatic rings. The molecule has 4 nitrogen and oxygen atoms in total. The van der Waals surface area contributed by atoms with Crippen molar-refractivity contribution >= 4 is 29.3 Å². The Morgan fingerprint density at radius 2 is 2.00 bits per heavy atom. The van der Waals surface area contributed by atoms with Crippen LogP contribution in [0.1, 0.15) is 11.4 Å². The van der Waals surface area contributed by atoms with Crippen LogP contribution in [0.2, 0.25) is 0 Å².